The maximum atomic E-state index is 10.2. The third-order valence-corrected chi connectivity index (χ3v) is 3.58. The Hall–Kier alpha value is -1.98. The monoisotopic (exact) mass is 288 g/mol. The number of ether oxygens (including phenoxy) is 4. The summed E-state index contributed by atoms with van der Waals surface area (Å²) in [6, 6.07) is 9.33. The van der Waals surface area contributed by atoms with Crippen LogP contribution in [0.1, 0.15) is 0 Å². The molecule has 2 unspecified atom stereocenters. The Labute approximate surface area is 122 Å². The number of phenolic OH excluding ortho intramolecular Hbond substituents is 1. The molecule has 0 radical (unpaired) electrons. The third kappa shape index (κ3) is 2.75. The van der Waals surface area contributed by atoms with Gasteiger partial charge in [-0.05, 0) is 0 Å². The predicted molar refractivity (Wildman–Crippen MR) is 76.1 cm³/mol. The van der Waals surface area contributed by atoms with E-state index in [-0.39, 0.29) is 18.0 Å². The lowest BCUT2D eigenvalue weighted by Gasteiger charge is -2.14. The maximum Gasteiger partial charge on any atom is 0.169 e. The summed E-state index contributed by atoms with van der Waals surface area (Å²) in [6.07, 6.45) is 0.319. The fourth-order valence-electron chi connectivity index (χ4n) is 2.26. The zero-order chi connectivity index (χ0) is 14.2. The van der Waals surface area contributed by atoms with Crippen LogP contribution in [-0.4, -0.2) is 43.7 Å². The number of rotatable bonds is 6. The van der Waals surface area contributed by atoms with Crippen molar-refractivity contribution in [2.24, 2.45) is 0 Å². The molecule has 21 heavy (non-hydrogen) atoms. The normalized spacial score (nSPS) is 23.0. The molecule has 2 aliphatic heterocycles. The van der Waals surface area contributed by atoms with Crippen LogP contribution in [0.3, 0.4) is 0 Å². The van der Waals surface area contributed by atoms with Gasteiger partial charge in [0.25, 0.3) is 0 Å². The topological polar surface area (TPSA) is 63.8 Å². The van der Waals surface area contributed by atoms with Gasteiger partial charge in [0.2, 0.25) is 0 Å². The van der Waals surface area contributed by atoms with Crippen LogP contribution in [-0.2, 0) is 9.47 Å². The van der Waals surface area contributed by atoms with E-state index in [1.807, 2.05) is 24.3 Å². The molecule has 2 aliphatic rings. The van der Waals surface area contributed by atoms with E-state index in [0.717, 1.165) is 24.0 Å². The third-order valence-electron chi connectivity index (χ3n) is 3.58. The van der Waals surface area contributed by atoms with Crippen molar-refractivity contribution in [1.82, 2.24) is 0 Å². The lowest BCUT2D eigenvalue weighted by atomic mass is 10.1. The lowest BCUT2D eigenvalue weighted by molar-refractivity contribution is 0.253. The van der Waals surface area contributed by atoms with E-state index in [1.165, 1.54) is 0 Å². The van der Waals surface area contributed by atoms with Crippen molar-refractivity contribution in [3.63, 3.8) is 0 Å². The van der Waals surface area contributed by atoms with Crippen molar-refractivity contribution in [3.05, 3.63) is 30.3 Å². The minimum absolute atomic E-state index is 0.0843. The summed E-state index contributed by atoms with van der Waals surface area (Å²) in [5.74, 6) is 1.21. The molecule has 2 heterocycles. The summed E-state index contributed by atoms with van der Waals surface area (Å²) in [4.78, 5) is 0. The van der Waals surface area contributed by atoms with Gasteiger partial charge in [-0.25, -0.2) is 0 Å². The number of benzene rings is 2. The fourth-order valence-corrected chi connectivity index (χ4v) is 2.26. The molecule has 0 bridgehead atoms. The Kier molecular flexibility index (Phi) is 3.09. The van der Waals surface area contributed by atoms with Gasteiger partial charge < -0.3 is 24.1 Å². The van der Waals surface area contributed by atoms with Gasteiger partial charge in [-0.1, -0.05) is 24.3 Å². The zero-order valence-electron chi connectivity index (χ0n) is 11.5. The molecule has 5 nitrogen and oxygen atoms in total. The molecule has 2 atom stereocenters. The molecule has 2 aromatic rings. The van der Waals surface area contributed by atoms with Crippen molar-refractivity contribution in [2.75, 3.05) is 26.4 Å². The van der Waals surface area contributed by atoms with E-state index >= 15 is 0 Å². The molecule has 0 aromatic heterocycles. The molecule has 1 N–H and O–H groups in total. The van der Waals surface area contributed by atoms with E-state index in [9.17, 15) is 5.11 Å². The first-order chi connectivity index (χ1) is 10.3. The summed E-state index contributed by atoms with van der Waals surface area (Å²) in [5, 5.41) is 12.0. The second-order valence-electron chi connectivity index (χ2n) is 5.30. The number of phenols is 1. The minimum Gasteiger partial charge on any atom is -0.504 e. The lowest BCUT2D eigenvalue weighted by Crippen LogP contribution is -2.06. The minimum atomic E-state index is 0.0843. The van der Waals surface area contributed by atoms with E-state index in [0.29, 0.717) is 24.7 Å². The second kappa shape index (κ2) is 5.09. The molecule has 110 valence electrons. The van der Waals surface area contributed by atoms with Crippen LogP contribution in [0.2, 0.25) is 0 Å². The highest BCUT2D eigenvalue weighted by atomic mass is 16.6. The van der Waals surface area contributed by atoms with Crippen LogP contribution in [0.5, 0.6) is 17.2 Å². The molecule has 2 aromatic carbocycles. The van der Waals surface area contributed by atoms with Gasteiger partial charge in [-0.3, -0.25) is 0 Å². The summed E-state index contributed by atoms with van der Waals surface area (Å²) in [6.45, 7) is 2.42. The molecule has 4 rings (SSSR count). The standard InChI is InChI=1S/C16H16O5/c17-14-5-15(20-8-10-6-18-10)12-3-1-2-4-13(12)16(14)21-9-11-7-19-11/h1-5,10-11,17H,6-9H2. The Bertz CT molecular complexity index is 661. The number of aromatic hydroxyl groups is 1. The van der Waals surface area contributed by atoms with E-state index in [2.05, 4.69) is 0 Å². The molecule has 5 heteroatoms. The molecule has 0 saturated carbocycles. The van der Waals surface area contributed by atoms with Crippen LogP contribution >= 0.6 is 0 Å². The van der Waals surface area contributed by atoms with Gasteiger partial charge in [0.1, 0.15) is 31.2 Å². The molecular formula is C16H16O5. The second-order valence-corrected chi connectivity index (χ2v) is 5.30. The molecule has 0 aliphatic carbocycles. The van der Waals surface area contributed by atoms with E-state index in [4.69, 9.17) is 18.9 Å². The molecule has 0 amide bonds. The van der Waals surface area contributed by atoms with Gasteiger partial charge in [0, 0.05) is 16.8 Å². The van der Waals surface area contributed by atoms with Gasteiger partial charge in [0.15, 0.2) is 11.5 Å². The van der Waals surface area contributed by atoms with Gasteiger partial charge in [0.05, 0.1) is 13.2 Å². The SMILES string of the molecule is Oc1cc(OCC2CO2)c2ccccc2c1OCC1CO1. The molecule has 2 fully saturated rings. The first-order valence-electron chi connectivity index (χ1n) is 7.05. The summed E-state index contributed by atoms with van der Waals surface area (Å²) in [7, 11) is 0. The quantitative estimate of drug-likeness (QED) is 0.825. The Morgan fingerprint density at radius 1 is 1.00 bits per heavy atom. The average molecular weight is 288 g/mol. The van der Waals surface area contributed by atoms with Crippen molar-refractivity contribution < 1.29 is 24.1 Å². The average Bonchev–Trinajstić information content (AvgIpc) is 3.37. The van der Waals surface area contributed by atoms with Crippen LogP contribution in [0.4, 0.5) is 0 Å². The number of hydrogen-bond acceptors (Lipinski definition) is 5. The first kappa shape index (κ1) is 12.7. The van der Waals surface area contributed by atoms with Crippen molar-refractivity contribution in [2.45, 2.75) is 12.2 Å². The summed E-state index contributed by atoms with van der Waals surface area (Å²) >= 11 is 0. The van der Waals surface area contributed by atoms with Crippen LogP contribution < -0.4 is 9.47 Å². The highest BCUT2D eigenvalue weighted by Gasteiger charge is 2.26. The highest BCUT2D eigenvalue weighted by Crippen LogP contribution is 2.41. The van der Waals surface area contributed by atoms with Gasteiger partial charge >= 0.3 is 0 Å². The Morgan fingerprint density at radius 2 is 1.62 bits per heavy atom. The first-order valence-corrected chi connectivity index (χ1v) is 7.05. The highest BCUT2D eigenvalue weighted by molar-refractivity contribution is 5.95. The molecule has 0 spiro atoms. The summed E-state index contributed by atoms with van der Waals surface area (Å²) < 4.78 is 21.7. The van der Waals surface area contributed by atoms with Crippen LogP contribution in [0, 0.1) is 0 Å². The molecular weight excluding hydrogens is 272 g/mol. The largest absolute Gasteiger partial charge is 0.504 e. The van der Waals surface area contributed by atoms with E-state index < -0.39 is 0 Å². The van der Waals surface area contributed by atoms with E-state index in [1.54, 1.807) is 6.07 Å². The van der Waals surface area contributed by atoms with Gasteiger partial charge in [-0.2, -0.15) is 0 Å². The van der Waals surface area contributed by atoms with Crippen molar-refractivity contribution in [3.8, 4) is 17.2 Å². The fraction of sp³-hybridized carbons (Fsp3) is 0.375. The maximum absolute atomic E-state index is 10.2. The van der Waals surface area contributed by atoms with Crippen LogP contribution in [0.25, 0.3) is 10.8 Å². The predicted octanol–water partition coefficient (Wildman–Crippen LogP) is 2.10. The van der Waals surface area contributed by atoms with Crippen LogP contribution in [0.15, 0.2) is 30.3 Å². The smallest absolute Gasteiger partial charge is 0.169 e. The van der Waals surface area contributed by atoms with Crippen molar-refractivity contribution >= 4 is 10.8 Å². The number of epoxide rings is 2. The Balaban J connectivity index is 1.67. The number of hydrogen-bond donors (Lipinski definition) is 1. The van der Waals surface area contributed by atoms with Crippen molar-refractivity contribution in [1.29, 1.82) is 0 Å². The molecule has 2 saturated heterocycles. The summed E-state index contributed by atoms with van der Waals surface area (Å²) in [5.41, 5.74) is 0. The zero-order valence-corrected chi connectivity index (χ0v) is 11.5. The Morgan fingerprint density at radius 3 is 2.29 bits per heavy atom. The number of fused-ring (bicyclic) bond motifs is 1. The van der Waals surface area contributed by atoms with Gasteiger partial charge in [-0.15, -0.1) is 0 Å².